The molecule has 1 aromatic heterocycles. The van der Waals surface area contributed by atoms with Crippen molar-refractivity contribution in [2.24, 2.45) is 0 Å². The van der Waals surface area contributed by atoms with E-state index in [1.165, 1.54) is 23.5 Å². The molecule has 0 aliphatic carbocycles. The highest BCUT2D eigenvalue weighted by atomic mass is 32.2. The van der Waals surface area contributed by atoms with E-state index in [0.29, 0.717) is 28.3 Å². The van der Waals surface area contributed by atoms with E-state index in [-0.39, 0.29) is 12.7 Å². The van der Waals surface area contributed by atoms with Crippen LogP contribution in [0.4, 0.5) is 13.2 Å². The van der Waals surface area contributed by atoms with Crippen LogP contribution in [0.25, 0.3) is 10.6 Å². The predicted octanol–water partition coefficient (Wildman–Crippen LogP) is 8.18. The number of benzene rings is 3. The summed E-state index contributed by atoms with van der Waals surface area (Å²) in [5, 5.41) is 18.5. The van der Waals surface area contributed by atoms with Gasteiger partial charge in [0.1, 0.15) is 10.8 Å². The van der Waals surface area contributed by atoms with Gasteiger partial charge in [0, 0.05) is 26.8 Å². The van der Waals surface area contributed by atoms with E-state index in [9.17, 15) is 18.0 Å². The van der Waals surface area contributed by atoms with Gasteiger partial charge in [-0.05, 0) is 66.9 Å². The number of hydrogen-bond donors (Lipinski definition) is 1. The number of nitrogens with zero attached hydrogens (tertiary/aromatic N) is 2. The first kappa shape index (κ1) is 29.7. The number of carboxylic acids is 1. The largest absolute Gasteiger partial charge is 0.482 e. The van der Waals surface area contributed by atoms with Crippen LogP contribution in [0.15, 0.2) is 77.8 Å². The van der Waals surface area contributed by atoms with Gasteiger partial charge >= 0.3 is 12.1 Å². The zero-order valence-electron chi connectivity index (χ0n) is 20.0. The lowest BCUT2D eigenvalue weighted by Crippen LogP contribution is -2.10. The van der Waals surface area contributed by atoms with Crippen LogP contribution in [0.5, 0.6) is 5.75 Å². The summed E-state index contributed by atoms with van der Waals surface area (Å²) in [7, 11) is 0. The molecule has 3 aromatic carbocycles. The van der Waals surface area contributed by atoms with Crippen LogP contribution in [-0.2, 0) is 17.4 Å². The van der Waals surface area contributed by atoms with Crippen molar-refractivity contribution in [3.63, 3.8) is 0 Å². The Morgan fingerprint density at radius 3 is 2.41 bits per heavy atom. The Bertz CT molecular complexity index is 1460. The Balaban J connectivity index is 0.00000420. The summed E-state index contributed by atoms with van der Waals surface area (Å²) in [6, 6.07) is 19.9. The predicted molar refractivity (Wildman–Crippen MR) is 147 cm³/mol. The molecule has 202 valence electrons. The van der Waals surface area contributed by atoms with Gasteiger partial charge in [0.05, 0.1) is 17.2 Å². The van der Waals surface area contributed by atoms with Crippen LogP contribution >= 0.6 is 23.1 Å². The summed E-state index contributed by atoms with van der Waals surface area (Å²) >= 11 is 3.01. The summed E-state index contributed by atoms with van der Waals surface area (Å²) in [5.41, 5.74) is 2.27. The molecule has 0 spiro atoms. The van der Waals surface area contributed by atoms with E-state index in [1.807, 2.05) is 31.2 Å². The molecule has 4 aromatic rings. The average Bonchev–Trinajstić information content (AvgIpc) is 3.38. The van der Waals surface area contributed by atoms with E-state index < -0.39 is 24.3 Å². The molecule has 1 heterocycles. The molecule has 0 amide bonds. The van der Waals surface area contributed by atoms with Crippen molar-refractivity contribution in [1.29, 1.82) is 5.26 Å². The van der Waals surface area contributed by atoms with Gasteiger partial charge in [0.2, 0.25) is 0 Å². The molecule has 0 saturated carbocycles. The molecule has 39 heavy (non-hydrogen) atoms. The third-order valence-corrected chi connectivity index (χ3v) is 8.12. The number of aromatic nitrogens is 1. The number of aliphatic carboxylic acids is 1. The number of hydrogen-bond acceptors (Lipinski definition) is 6. The average molecular weight is 571 g/mol. The molecule has 1 unspecified atom stereocenters. The molecule has 0 aliphatic rings. The second kappa shape index (κ2) is 12.8. The zero-order valence-corrected chi connectivity index (χ0v) is 21.7. The molecular weight excluding hydrogens is 545 g/mol. The van der Waals surface area contributed by atoms with Gasteiger partial charge in [-0.2, -0.15) is 18.4 Å². The fourth-order valence-electron chi connectivity index (χ4n) is 3.66. The summed E-state index contributed by atoms with van der Waals surface area (Å²) in [6.07, 6.45) is -2.03. The summed E-state index contributed by atoms with van der Waals surface area (Å²) in [5.74, 6) is -0.567. The smallest absolute Gasteiger partial charge is 0.416 e. The lowest BCUT2D eigenvalue weighted by atomic mass is 10.1. The quantitative estimate of drug-likeness (QED) is 0.204. The molecule has 0 radical (unpaired) electrons. The maximum absolute atomic E-state index is 13.0. The minimum atomic E-state index is -4.40. The second-order valence-corrected chi connectivity index (χ2v) is 10.7. The molecule has 10 heteroatoms. The van der Waals surface area contributed by atoms with Gasteiger partial charge in [0.25, 0.3) is 0 Å². The van der Waals surface area contributed by atoms with Crippen molar-refractivity contribution in [2.75, 3.05) is 6.61 Å². The lowest BCUT2D eigenvalue weighted by Gasteiger charge is -2.16. The number of rotatable bonds is 9. The van der Waals surface area contributed by atoms with Crippen LogP contribution in [0.1, 0.15) is 39.8 Å². The Hall–Kier alpha value is -3.81. The van der Waals surface area contributed by atoms with Crippen molar-refractivity contribution in [2.45, 2.75) is 37.1 Å². The van der Waals surface area contributed by atoms with Crippen LogP contribution in [0.2, 0.25) is 0 Å². The molecular formula is C29H25F3N2O3S2. The van der Waals surface area contributed by atoms with Gasteiger partial charge in [0.15, 0.2) is 6.61 Å². The molecule has 5 nitrogen and oxygen atoms in total. The Morgan fingerprint density at radius 2 is 1.82 bits per heavy atom. The van der Waals surface area contributed by atoms with Gasteiger partial charge < -0.3 is 9.84 Å². The summed E-state index contributed by atoms with van der Waals surface area (Å²) in [4.78, 5) is 17.2. The fraction of sp³-hybridized carbons (Fsp3) is 0.207. The fourth-order valence-corrected chi connectivity index (χ4v) is 6.03. The first-order chi connectivity index (χ1) is 18.1. The molecule has 4 rings (SSSR count). The van der Waals surface area contributed by atoms with Crippen molar-refractivity contribution >= 4 is 29.1 Å². The number of thiazole rings is 1. The van der Waals surface area contributed by atoms with Crippen molar-refractivity contribution in [1.82, 2.24) is 4.98 Å². The monoisotopic (exact) mass is 570 g/mol. The summed E-state index contributed by atoms with van der Waals surface area (Å²) < 4.78 is 44.2. The molecule has 1 atom stereocenters. The number of ether oxygens (including phenoxy) is 1. The van der Waals surface area contributed by atoms with Crippen molar-refractivity contribution < 1.29 is 27.8 Å². The van der Waals surface area contributed by atoms with Gasteiger partial charge in [-0.25, -0.2) is 9.78 Å². The van der Waals surface area contributed by atoms with Crippen LogP contribution in [-0.4, -0.2) is 22.7 Å². The highest BCUT2D eigenvalue weighted by Crippen LogP contribution is 2.43. The van der Waals surface area contributed by atoms with E-state index >= 15 is 0 Å². The molecule has 0 aliphatic heterocycles. The van der Waals surface area contributed by atoms with Crippen LogP contribution in [0.3, 0.4) is 0 Å². The molecule has 0 fully saturated rings. The Labute approximate surface area is 232 Å². The highest BCUT2D eigenvalue weighted by Gasteiger charge is 2.30. The number of alkyl halides is 3. The number of halogens is 3. The van der Waals surface area contributed by atoms with Gasteiger partial charge in [-0.1, -0.05) is 31.7 Å². The standard InChI is InChI=1S/C28H21F3N2O3S2.CH4/c1-17-12-22(10-11-23(17)36-16-26(34)35)37-24(13-18-2-4-19(14-32)5-3-18)25-15-33-27(38-25)20-6-8-21(9-7-20)28(29,30)31;/h2-12,15,24H,13,16H2,1H3,(H,34,35);1H4. The number of carbonyl (C=O) groups is 1. The van der Waals surface area contributed by atoms with Gasteiger partial charge in [-0.15, -0.1) is 23.1 Å². The molecule has 1 N–H and O–H groups in total. The minimum Gasteiger partial charge on any atom is -0.482 e. The molecule has 0 saturated heterocycles. The van der Waals surface area contributed by atoms with Crippen LogP contribution < -0.4 is 4.74 Å². The zero-order chi connectivity index (χ0) is 27.3. The van der Waals surface area contributed by atoms with E-state index in [1.54, 1.807) is 36.2 Å². The summed E-state index contributed by atoms with van der Waals surface area (Å²) in [6.45, 7) is 1.41. The topological polar surface area (TPSA) is 83.2 Å². The van der Waals surface area contributed by atoms with Gasteiger partial charge in [-0.3, -0.25) is 0 Å². The Kier molecular flexibility index (Phi) is 9.78. The first-order valence-corrected chi connectivity index (χ1v) is 13.1. The van der Waals surface area contributed by atoms with E-state index in [4.69, 9.17) is 15.1 Å². The lowest BCUT2D eigenvalue weighted by molar-refractivity contribution is -0.139. The van der Waals surface area contributed by atoms with Crippen molar-refractivity contribution in [3.05, 3.63) is 100 Å². The van der Waals surface area contributed by atoms with E-state index in [0.717, 1.165) is 33.0 Å². The number of nitriles is 1. The van der Waals surface area contributed by atoms with Crippen LogP contribution in [0, 0.1) is 18.3 Å². The second-order valence-electron chi connectivity index (χ2n) is 8.37. The number of aryl methyl sites for hydroxylation is 1. The minimum absolute atomic E-state index is 0. The SMILES string of the molecule is C.Cc1cc(SC(Cc2ccc(C#N)cc2)c2cnc(-c3ccc(C(F)(F)F)cc3)s2)ccc1OCC(=O)O. The third-order valence-electron chi connectivity index (χ3n) is 5.58. The normalized spacial score (nSPS) is 11.8. The highest BCUT2D eigenvalue weighted by molar-refractivity contribution is 7.99. The number of carboxylic acid groups (broad SMARTS) is 1. The van der Waals surface area contributed by atoms with E-state index in [2.05, 4.69) is 11.1 Å². The Morgan fingerprint density at radius 1 is 1.13 bits per heavy atom. The maximum Gasteiger partial charge on any atom is 0.416 e. The first-order valence-electron chi connectivity index (χ1n) is 11.4. The number of thioether (sulfide) groups is 1. The molecule has 0 bridgehead atoms. The third kappa shape index (κ3) is 7.85. The maximum atomic E-state index is 13.0. The van der Waals surface area contributed by atoms with Crippen molar-refractivity contribution in [3.8, 4) is 22.4 Å².